The molecule has 0 fully saturated rings. The van der Waals surface area contributed by atoms with E-state index in [-0.39, 0.29) is 11.1 Å². The predicted octanol–water partition coefficient (Wildman–Crippen LogP) is 7.62. The summed E-state index contributed by atoms with van der Waals surface area (Å²) in [6, 6.07) is 23.3. The molecular formula is C38H27BrF2N8. The average Bonchev–Trinajstić information content (AvgIpc) is 3.56. The van der Waals surface area contributed by atoms with Crippen molar-refractivity contribution in [2.75, 3.05) is 0 Å². The van der Waals surface area contributed by atoms with Crippen LogP contribution in [-0.2, 0) is 0 Å². The standard InChI is InChI=1S/C19H13FN4.C14H10FN3.C5H4BrN/c1-13-19(7-6-17-5-3-4-8-22-17)14(2)24(23-13)18-10-15(12-21)9-16(20)11-18;1-4-14-9(2)17-18(10(14)3)13-6-11(8-16)5-12(15)7-13;6-5-3-1-2-4-7-5/h3-5,8-11H,1-2H3;1,5-7H,2-3H3;1-4H. The molecule has 49 heavy (non-hydrogen) atoms. The van der Waals surface area contributed by atoms with Crippen molar-refractivity contribution in [1.82, 2.24) is 29.5 Å². The molecule has 0 N–H and O–H groups in total. The SMILES string of the molecule is Brc1ccccn1.C#Cc1c(C)nn(-c2cc(F)cc(C#N)c2)c1C.Cc1nn(-c2cc(F)cc(C#N)c2)c(C)c1C#Cc1ccccn1. The zero-order valence-electron chi connectivity index (χ0n) is 26.9. The van der Waals surface area contributed by atoms with Crippen molar-refractivity contribution in [1.29, 1.82) is 10.5 Å². The molecule has 0 bridgehead atoms. The second kappa shape index (κ2) is 16.4. The van der Waals surface area contributed by atoms with Crippen LogP contribution in [0.15, 0.2) is 89.8 Å². The van der Waals surface area contributed by atoms with Gasteiger partial charge in [-0.05, 0) is 110 Å². The highest BCUT2D eigenvalue weighted by Crippen LogP contribution is 2.20. The van der Waals surface area contributed by atoms with E-state index in [1.54, 1.807) is 40.8 Å². The van der Waals surface area contributed by atoms with Crippen LogP contribution < -0.4 is 0 Å². The number of pyridine rings is 2. The maximum atomic E-state index is 13.7. The predicted molar refractivity (Wildman–Crippen MR) is 186 cm³/mol. The Morgan fingerprint density at radius 1 is 0.673 bits per heavy atom. The fraction of sp³-hybridized carbons (Fsp3) is 0.105. The lowest BCUT2D eigenvalue weighted by Gasteiger charge is -2.05. The lowest BCUT2D eigenvalue weighted by Crippen LogP contribution is -2.00. The number of nitrogens with zero attached hydrogens (tertiary/aromatic N) is 8. The number of terminal acetylenes is 1. The molecule has 4 heterocycles. The van der Waals surface area contributed by atoms with Crippen LogP contribution in [-0.4, -0.2) is 29.5 Å². The van der Waals surface area contributed by atoms with Gasteiger partial charge in [0, 0.05) is 12.4 Å². The van der Waals surface area contributed by atoms with Gasteiger partial charge < -0.3 is 0 Å². The molecule has 0 aliphatic heterocycles. The van der Waals surface area contributed by atoms with Crippen LogP contribution in [0.5, 0.6) is 0 Å². The van der Waals surface area contributed by atoms with E-state index < -0.39 is 11.6 Å². The van der Waals surface area contributed by atoms with E-state index in [1.807, 2.05) is 69.3 Å². The third-order valence-electron chi connectivity index (χ3n) is 6.85. The minimum absolute atomic E-state index is 0.249. The maximum Gasteiger partial charge on any atom is 0.126 e. The number of benzene rings is 2. The lowest BCUT2D eigenvalue weighted by molar-refractivity contribution is 0.624. The van der Waals surface area contributed by atoms with Gasteiger partial charge in [-0.2, -0.15) is 20.7 Å². The van der Waals surface area contributed by atoms with Crippen LogP contribution in [0.4, 0.5) is 8.78 Å². The molecule has 0 aliphatic carbocycles. The molecule has 6 aromatic rings. The molecule has 240 valence electrons. The van der Waals surface area contributed by atoms with Gasteiger partial charge in [0.2, 0.25) is 0 Å². The molecule has 0 saturated carbocycles. The van der Waals surface area contributed by atoms with Crippen molar-refractivity contribution >= 4 is 15.9 Å². The van der Waals surface area contributed by atoms with Crippen molar-refractivity contribution in [3.05, 3.63) is 152 Å². The number of halogens is 3. The Morgan fingerprint density at radius 3 is 1.59 bits per heavy atom. The summed E-state index contributed by atoms with van der Waals surface area (Å²) in [5.74, 6) is 7.68. The Bertz CT molecular complexity index is 2300. The molecular weight excluding hydrogens is 686 g/mol. The van der Waals surface area contributed by atoms with E-state index in [9.17, 15) is 8.78 Å². The van der Waals surface area contributed by atoms with Gasteiger partial charge in [-0.25, -0.2) is 28.1 Å². The first kappa shape index (κ1) is 35.5. The summed E-state index contributed by atoms with van der Waals surface area (Å²) in [4.78, 5) is 8.06. The molecule has 0 unspecified atom stereocenters. The second-order valence-electron chi connectivity index (χ2n) is 10.3. The van der Waals surface area contributed by atoms with E-state index in [4.69, 9.17) is 16.9 Å². The largest absolute Gasteiger partial charge is 0.249 e. The van der Waals surface area contributed by atoms with Gasteiger partial charge in [0.15, 0.2) is 0 Å². The van der Waals surface area contributed by atoms with E-state index in [2.05, 4.69) is 53.9 Å². The first-order chi connectivity index (χ1) is 23.5. The summed E-state index contributed by atoms with van der Waals surface area (Å²) in [6.45, 7) is 7.31. The van der Waals surface area contributed by atoms with Crippen molar-refractivity contribution in [2.24, 2.45) is 0 Å². The molecule has 0 atom stereocenters. The lowest BCUT2D eigenvalue weighted by atomic mass is 10.2. The van der Waals surface area contributed by atoms with E-state index in [0.717, 1.165) is 27.2 Å². The third kappa shape index (κ3) is 9.11. The Labute approximate surface area is 291 Å². The molecule has 8 nitrogen and oxygen atoms in total. The third-order valence-corrected chi connectivity index (χ3v) is 7.32. The van der Waals surface area contributed by atoms with Crippen LogP contribution in [0.2, 0.25) is 0 Å². The quantitative estimate of drug-likeness (QED) is 0.135. The second-order valence-corrected chi connectivity index (χ2v) is 11.1. The number of aryl methyl sites for hydroxylation is 2. The van der Waals surface area contributed by atoms with Crippen LogP contribution in [0, 0.1) is 86.2 Å². The fourth-order valence-electron chi connectivity index (χ4n) is 4.61. The van der Waals surface area contributed by atoms with E-state index in [0.29, 0.717) is 28.3 Å². The van der Waals surface area contributed by atoms with Crippen LogP contribution in [0.1, 0.15) is 50.7 Å². The van der Waals surface area contributed by atoms with Gasteiger partial charge in [0.05, 0.1) is 68.5 Å². The van der Waals surface area contributed by atoms with Gasteiger partial charge in [0.1, 0.15) is 21.9 Å². The van der Waals surface area contributed by atoms with Gasteiger partial charge in [0.25, 0.3) is 0 Å². The Morgan fingerprint density at radius 2 is 1.18 bits per heavy atom. The van der Waals surface area contributed by atoms with Crippen molar-refractivity contribution < 1.29 is 8.78 Å². The monoisotopic (exact) mass is 712 g/mol. The zero-order chi connectivity index (χ0) is 35.5. The topological polar surface area (TPSA) is 109 Å². The van der Waals surface area contributed by atoms with Crippen molar-refractivity contribution in [3.8, 4) is 47.7 Å². The molecule has 6 rings (SSSR count). The van der Waals surface area contributed by atoms with Gasteiger partial charge >= 0.3 is 0 Å². The summed E-state index contributed by atoms with van der Waals surface area (Å²) in [7, 11) is 0. The van der Waals surface area contributed by atoms with Crippen molar-refractivity contribution in [2.45, 2.75) is 27.7 Å². The number of hydrogen-bond acceptors (Lipinski definition) is 6. The van der Waals surface area contributed by atoms with Gasteiger partial charge in [-0.3, -0.25) is 0 Å². The van der Waals surface area contributed by atoms with Crippen LogP contribution >= 0.6 is 15.9 Å². The normalized spacial score (nSPS) is 9.71. The van der Waals surface area contributed by atoms with Gasteiger partial charge in [-0.15, -0.1) is 6.42 Å². The molecule has 0 aliphatic rings. The van der Waals surface area contributed by atoms with E-state index in [1.165, 1.54) is 24.3 Å². The molecule has 2 aromatic carbocycles. The number of rotatable bonds is 2. The Hall–Kier alpha value is -6.40. The fourth-order valence-corrected chi connectivity index (χ4v) is 4.88. The Kier molecular flexibility index (Phi) is 11.9. The maximum absolute atomic E-state index is 13.7. The summed E-state index contributed by atoms with van der Waals surface area (Å²) in [6.07, 6.45) is 8.82. The number of nitriles is 2. The molecule has 0 radical (unpaired) electrons. The Balaban J connectivity index is 0.000000189. The molecule has 0 saturated heterocycles. The number of aromatic nitrogens is 6. The van der Waals surface area contributed by atoms with E-state index >= 15 is 0 Å². The first-order valence-corrected chi connectivity index (χ1v) is 15.3. The highest BCUT2D eigenvalue weighted by atomic mass is 79.9. The van der Waals surface area contributed by atoms with Crippen molar-refractivity contribution in [3.63, 3.8) is 0 Å². The van der Waals surface area contributed by atoms with Crippen LogP contribution in [0.25, 0.3) is 11.4 Å². The minimum Gasteiger partial charge on any atom is -0.249 e. The zero-order valence-corrected chi connectivity index (χ0v) is 28.5. The van der Waals surface area contributed by atoms with Gasteiger partial charge in [-0.1, -0.05) is 24.0 Å². The highest BCUT2D eigenvalue weighted by Gasteiger charge is 2.14. The molecule has 4 aromatic heterocycles. The molecule has 11 heteroatoms. The average molecular weight is 714 g/mol. The molecule has 0 amide bonds. The minimum atomic E-state index is -0.474. The van der Waals surface area contributed by atoms with Crippen LogP contribution in [0.3, 0.4) is 0 Å². The number of hydrogen-bond donors (Lipinski definition) is 0. The molecule has 0 spiro atoms. The summed E-state index contributed by atoms with van der Waals surface area (Å²) < 4.78 is 31.1. The smallest absolute Gasteiger partial charge is 0.126 e. The first-order valence-electron chi connectivity index (χ1n) is 14.5. The summed E-state index contributed by atoms with van der Waals surface area (Å²) >= 11 is 3.20. The summed E-state index contributed by atoms with van der Waals surface area (Å²) in [5.41, 5.74) is 6.60. The summed E-state index contributed by atoms with van der Waals surface area (Å²) in [5, 5.41) is 26.5. The highest BCUT2D eigenvalue weighted by molar-refractivity contribution is 9.10.